The van der Waals surface area contributed by atoms with Crippen LogP contribution in [0, 0.1) is 12.3 Å². The first kappa shape index (κ1) is 47.3. The van der Waals surface area contributed by atoms with E-state index in [0.717, 1.165) is 23.3 Å². The number of terminal acetylenes is 1. The summed E-state index contributed by atoms with van der Waals surface area (Å²) in [6, 6.07) is 13.9. The SMILES string of the molecule is C#CCNC(=O)C(CCCCNC(=O)CC(C)(O)CCC(C)[SiH2]C(C)C)NC(=O)CCSSCCNC(=O)c1ccc(/N=N/c2ccc(N(C)C)cc2)cc1. The summed E-state index contributed by atoms with van der Waals surface area (Å²) in [6.07, 6.45) is 8.72. The zero-order valence-corrected chi connectivity index (χ0v) is 36.4. The monoisotopic (exact) mass is 811 g/mol. The molecule has 3 unspecified atom stereocenters. The number of amides is 4. The molecular weight excluding hydrogens is 751 g/mol. The third kappa shape index (κ3) is 21.2. The molecule has 12 nitrogen and oxygen atoms in total. The molecule has 0 aliphatic carbocycles. The predicted octanol–water partition coefficient (Wildman–Crippen LogP) is 5.92. The Morgan fingerprint density at radius 2 is 1.51 bits per heavy atom. The number of hydrogen-bond acceptors (Lipinski definition) is 10. The Bertz CT molecular complexity index is 1550. The minimum Gasteiger partial charge on any atom is -0.390 e. The normalized spacial score (nSPS) is 13.6. The number of nitrogens with one attached hydrogen (secondary N) is 4. The zero-order valence-electron chi connectivity index (χ0n) is 33.4. The van der Waals surface area contributed by atoms with Crippen molar-refractivity contribution in [3.8, 4) is 12.3 Å². The molecule has 0 aromatic heterocycles. The highest BCUT2D eigenvalue weighted by Gasteiger charge is 2.25. The van der Waals surface area contributed by atoms with E-state index in [1.807, 2.05) is 43.3 Å². The molecule has 302 valence electrons. The van der Waals surface area contributed by atoms with Gasteiger partial charge in [0.25, 0.3) is 5.91 Å². The Morgan fingerprint density at radius 3 is 2.13 bits per heavy atom. The number of azo groups is 1. The Kier molecular flexibility index (Phi) is 22.4. The Hall–Kier alpha value is -3.84. The van der Waals surface area contributed by atoms with Gasteiger partial charge in [-0.3, -0.25) is 19.2 Å². The fraction of sp³-hybridized carbons (Fsp3) is 0.550. The lowest BCUT2D eigenvalue weighted by Gasteiger charge is -2.25. The van der Waals surface area contributed by atoms with E-state index in [-0.39, 0.29) is 52.5 Å². The van der Waals surface area contributed by atoms with E-state index < -0.39 is 11.6 Å². The fourth-order valence-electron chi connectivity index (χ4n) is 5.65. The molecule has 2 rings (SSSR count). The van der Waals surface area contributed by atoms with Crippen LogP contribution in [0.5, 0.6) is 0 Å². The van der Waals surface area contributed by atoms with Crippen LogP contribution in [0.4, 0.5) is 17.1 Å². The van der Waals surface area contributed by atoms with Gasteiger partial charge in [-0.25, -0.2) is 0 Å². The minimum absolute atomic E-state index is 0.0545. The lowest BCUT2D eigenvalue weighted by atomic mass is 9.95. The highest BCUT2D eigenvalue weighted by atomic mass is 33.1. The van der Waals surface area contributed by atoms with Gasteiger partial charge >= 0.3 is 0 Å². The van der Waals surface area contributed by atoms with Crippen molar-refractivity contribution in [2.45, 2.75) is 95.4 Å². The van der Waals surface area contributed by atoms with E-state index in [2.05, 4.69) is 58.2 Å². The molecule has 0 bridgehead atoms. The number of hydrogen-bond donors (Lipinski definition) is 5. The van der Waals surface area contributed by atoms with Crippen LogP contribution in [0.2, 0.25) is 11.1 Å². The summed E-state index contributed by atoms with van der Waals surface area (Å²) in [5.74, 6) is 2.60. The Morgan fingerprint density at radius 1 is 0.873 bits per heavy atom. The average molecular weight is 812 g/mol. The van der Waals surface area contributed by atoms with Crippen molar-refractivity contribution in [3.63, 3.8) is 0 Å². The number of carbonyl (C=O) groups excluding carboxylic acids is 4. The molecule has 2 aromatic rings. The van der Waals surface area contributed by atoms with Crippen molar-refractivity contribution in [1.82, 2.24) is 21.3 Å². The second-order valence-corrected chi connectivity index (χ2v) is 20.8. The van der Waals surface area contributed by atoms with Crippen LogP contribution in [-0.2, 0) is 14.4 Å². The van der Waals surface area contributed by atoms with Crippen molar-refractivity contribution < 1.29 is 24.3 Å². The average Bonchev–Trinajstić information content (AvgIpc) is 3.14. The summed E-state index contributed by atoms with van der Waals surface area (Å²) in [4.78, 5) is 52.4. The Balaban J connectivity index is 1.64. The summed E-state index contributed by atoms with van der Waals surface area (Å²) in [7, 11) is 6.83. The third-order valence-corrected chi connectivity index (χ3v) is 13.2. The molecule has 0 heterocycles. The molecule has 0 fully saturated rings. The van der Waals surface area contributed by atoms with Crippen molar-refractivity contribution in [2.75, 3.05) is 50.1 Å². The smallest absolute Gasteiger partial charge is 0.251 e. The third-order valence-electron chi connectivity index (χ3n) is 8.59. The van der Waals surface area contributed by atoms with Gasteiger partial charge in [0, 0.05) is 65.9 Å². The zero-order chi connectivity index (χ0) is 40.6. The first-order valence-corrected chi connectivity index (χ1v) is 23.1. The lowest BCUT2D eigenvalue weighted by molar-refractivity contribution is -0.128. The molecule has 3 atom stereocenters. The molecule has 15 heteroatoms. The van der Waals surface area contributed by atoms with E-state index in [9.17, 15) is 24.3 Å². The quantitative estimate of drug-likeness (QED) is 0.0257. The highest BCUT2D eigenvalue weighted by Crippen LogP contribution is 2.25. The predicted molar refractivity (Wildman–Crippen MR) is 231 cm³/mol. The summed E-state index contributed by atoms with van der Waals surface area (Å²) >= 11 is 0. The maximum absolute atomic E-state index is 12.7. The van der Waals surface area contributed by atoms with Crippen molar-refractivity contribution in [2.24, 2.45) is 10.2 Å². The summed E-state index contributed by atoms with van der Waals surface area (Å²) in [5, 5.41) is 30.5. The van der Waals surface area contributed by atoms with Gasteiger partial charge in [0.1, 0.15) is 6.04 Å². The fourth-order valence-corrected chi connectivity index (χ4v) is 9.59. The van der Waals surface area contributed by atoms with Crippen LogP contribution < -0.4 is 26.2 Å². The van der Waals surface area contributed by atoms with Gasteiger partial charge in [0.15, 0.2) is 0 Å². The van der Waals surface area contributed by atoms with Gasteiger partial charge in [-0.15, -0.1) is 6.42 Å². The van der Waals surface area contributed by atoms with E-state index in [1.54, 1.807) is 42.0 Å². The van der Waals surface area contributed by atoms with Gasteiger partial charge in [0.05, 0.1) is 29.9 Å². The summed E-state index contributed by atoms with van der Waals surface area (Å²) in [5.41, 5.74) is 3.32. The van der Waals surface area contributed by atoms with Crippen LogP contribution in [0.1, 0.15) is 83.0 Å². The van der Waals surface area contributed by atoms with Crippen molar-refractivity contribution in [1.29, 1.82) is 0 Å². The van der Waals surface area contributed by atoms with Gasteiger partial charge in [-0.1, -0.05) is 65.8 Å². The van der Waals surface area contributed by atoms with Crippen molar-refractivity contribution >= 4 is 71.8 Å². The first-order chi connectivity index (χ1) is 26.2. The first-order valence-electron chi connectivity index (χ1n) is 19.0. The molecule has 0 aliphatic rings. The lowest BCUT2D eigenvalue weighted by Crippen LogP contribution is -2.47. The van der Waals surface area contributed by atoms with Gasteiger partial charge in [-0.2, -0.15) is 10.2 Å². The van der Waals surface area contributed by atoms with E-state index in [4.69, 9.17) is 6.42 Å². The molecular formula is C40H61N7O5S2Si. The van der Waals surface area contributed by atoms with Crippen LogP contribution in [-0.4, -0.2) is 95.1 Å². The van der Waals surface area contributed by atoms with Gasteiger partial charge in [-0.05, 0) is 81.1 Å². The number of anilines is 1. The highest BCUT2D eigenvalue weighted by molar-refractivity contribution is 8.76. The second-order valence-electron chi connectivity index (χ2n) is 14.6. The molecule has 2 aromatic carbocycles. The maximum Gasteiger partial charge on any atom is 0.251 e. The maximum atomic E-state index is 12.7. The largest absolute Gasteiger partial charge is 0.390 e. The molecule has 5 N–H and O–H groups in total. The van der Waals surface area contributed by atoms with Crippen LogP contribution in [0.3, 0.4) is 0 Å². The molecule has 0 saturated heterocycles. The Labute approximate surface area is 338 Å². The minimum atomic E-state index is -1.04. The summed E-state index contributed by atoms with van der Waals surface area (Å²) in [6.45, 7) is 9.39. The van der Waals surface area contributed by atoms with Crippen LogP contribution >= 0.6 is 21.6 Å². The van der Waals surface area contributed by atoms with E-state index in [0.29, 0.717) is 67.1 Å². The van der Waals surface area contributed by atoms with Crippen molar-refractivity contribution in [3.05, 3.63) is 54.1 Å². The number of carbonyl (C=O) groups is 4. The van der Waals surface area contributed by atoms with E-state index >= 15 is 0 Å². The topological polar surface area (TPSA) is 165 Å². The molecule has 55 heavy (non-hydrogen) atoms. The van der Waals surface area contributed by atoms with Crippen LogP contribution in [0.15, 0.2) is 58.8 Å². The van der Waals surface area contributed by atoms with Gasteiger partial charge < -0.3 is 31.3 Å². The number of nitrogens with zero attached hydrogens (tertiary/aromatic N) is 3. The second kappa shape index (κ2) is 26.1. The van der Waals surface area contributed by atoms with E-state index in [1.165, 1.54) is 10.8 Å². The number of rotatable bonds is 26. The summed E-state index contributed by atoms with van der Waals surface area (Å²) < 4.78 is 0. The number of aliphatic hydroxyl groups is 1. The number of unbranched alkanes of at least 4 members (excludes halogenated alkanes) is 1. The molecule has 4 amide bonds. The number of benzene rings is 2. The van der Waals surface area contributed by atoms with Crippen LogP contribution in [0.25, 0.3) is 0 Å². The molecule has 0 spiro atoms. The standard InChI is InChI=1S/C40H61N7O5S2Si/c1-8-23-42-39(51)35(11-9-10-24-41-37(49)28-40(5,52)22-20-30(4)55-29(2)3)44-36(48)21-26-53-54-27-25-43-38(50)31-12-14-32(15-13-31)45-46-33-16-18-34(19-17-33)47(6)7/h1,12-19,29-30,35,52H,9-11,20-28,55H2,2-7H3,(H,41,49)(H,42,51)(H,43,50)(H,44,48)/b46-45+. The molecule has 0 aliphatic heterocycles. The van der Waals surface area contributed by atoms with Gasteiger partial charge in [0.2, 0.25) is 17.7 Å². The molecule has 0 saturated carbocycles. The molecule has 0 radical (unpaired) electrons.